The lowest BCUT2D eigenvalue weighted by Crippen LogP contribution is -2.63. The molecule has 142 valence electrons. The van der Waals surface area contributed by atoms with Crippen LogP contribution in [0.25, 0.3) is 0 Å². The largest absolute Gasteiger partial charge is 0.467 e. The van der Waals surface area contributed by atoms with Crippen molar-refractivity contribution in [1.82, 2.24) is 0 Å². The SMILES string of the molecule is CCOC(=O)c1ccc(N2C(=O)[C@](Cl)(c3ccccc3)[C@@H]2c2ccco2)cc1. The van der Waals surface area contributed by atoms with Crippen LogP contribution in [0.15, 0.2) is 77.4 Å². The zero-order valence-corrected chi connectivity index (χ0v) is 15.9. The molecule has 1 aliphatic heterocycles. The summed E-state index contributed by atoms with van der Waals surface area (Å²) in [4.78, 5) is 25.4. The Kier molecular flexibility index (Phi) is 4.69. The van der Waals surface area contributed by atoms with E-state index in [-0.39, 0.29) is 5.91 Å². The number of nitrogens with zero attached hydrogens (tertiary/aromatic N) is 1. The fourth-order valence-electron chi connectivity index (χ4n) is 3.49. The maximum atomic E-state index is 13.2. The van der Waals surface area contributed by atoms with Crippen LogP contribution in [0, 0.1) is 0 Å². The Morgan fingerprint density at radius 3 is 2.43 bits per heavy atom. The number of hydrogen-bond acceptors (Lipinski definition) is 4. The van der Waals surface area contributed by atoms with Gasteiger partial charge in [0.15, 0.2) is 4.87 Å². The second-order valence-electron chi connectivity index (χ2n) is 6.44. The first-order valence-electron chi connectivity index (χ1n) is 8.96. The molecular formula is C22H18ClNO4. The highest BCUT2D eigenvalue weighted by molar-refractivity contribution is 6.41. The number of ether oxygens (including phenoxy) is 1. The molecule has 1 saturated heterocycles. The molecule has 2 aromatic carbocycles. The summed E-state index contributed by atoms with van der Waals surface area (Å²) in [5, 5.41) is 0. The second kappa shape index (κ2) is 7.17. The predicted molar refractivity (Wildman–Crippen MR) is 105 cm³/mol. The van der Waals surface area contributed by atoms with Crippen molar-refractivity contribution in [2.24, 2.45) is 0 Å². The number of rotatable bonds is 5. The molecule has 28 heavy (non-hydrogen) atoms. The smallest absolute Gasteiger partial charge is 0.338 e. The van der Waals surface area contributed by atoms with Gasteiger partial charge in [-0.15, -0.1) is 11.6 Å². The van der Waals surface area contributed by atoms with Crippen LogP contribution in [0.3, 0.4) is 0 Å². The molecule has 2 heterocycles. The van der Waals surface area contributed by atoms with Gasteiger partial charge in [-0.3, -0.25) is 9.69 Å². The first-order chi connectivity index (χ1) is 13.6. The Morgan fingerprint density at radius 2 is 1.82 bits per heavy atom. The summed E-state index contributed by atoms with van der Waals surface area (Å²) in [6.45, 7) is 2.06. The van der Waals surface area contributed by atoms with E-state index in [9.17, 15) is 9.59 Å². The van der Waals surface area contributed by atoms with E-state index >= 15 is 0 Å². The molecule has 5 nitrogen and oxygen atoms in total. The van der Waals surface area contributed by atoms with Crippen LogP contribution in [0.1, 0.15) is 34.6 Å². The van der Waals surface area contributed by atoms with Crippen molar-refractivity contribution in [2.45, 2.75) is 17.8 Å². The van der Waals surface area contributed by atoms with Crippen LogP contribution in [0.5, 0.6) is 0 Å². The third-order valence-electron chi connectivity index (χ3n) is 4.83. The van der Waals surface area contributed by atoms with Crippen molar-refractivity contribution in [3.63, 3.8) is 0 Å². The molecule has 6 heteroatoms. The van der Waals surface area contributed by atoms with Crippen LogP contribution >= 0.6 is 11.6 Å². The topological polar surface area (TPSA) is 59.8 Å². The molecule has 0 N–H and O–H groups in total. The van der Waals surface area contributed by atoms with E-state index < -0.39 is 16.9 Å². The van der Waals surface area contributed by atoms with Gasteiger partial charge in [-0.25, -0.2) is 4.79 Å². The average molecular weight is 396 g/mol. The molecule has 0 aliphatic carbocycles. The predicted octanol–water partition coefficient (Wildman–Crippen LogP) is 4.68. The molecule has 3 aromatic rings. The molecule has 2 atom stereocenters. The zero-order chi connectivity index (χ0) is 19.7. The van der Waals surface area contributed by atoms with Crippen molar-refractivity contribution < 1.29 is 18.7 Å². The number of alkyl halides is 1. The van der Waals surface area contributed by atoms with Crippen LogP contribution < -0.4 is 4.90 Å². The number of carbonyl (C=O) groups excluding carboxylic acids is 2. The number of amides is 1. The molecule has 4 rings (SSSR count). The minimum Gasteiger partial charge on any atom is -0.467 e. The Bertz CT molecular complexity index is 985. The number of hydrogen-bond donors (Lipinski definition) is 0. The fourth-order valence-corrected chi connectivity index (χ4v) is 3.91. The van der Waals surface area contributed by atoms with Crippen molar-refractivity contribution in [1.29, 1.82) is 0 Å². The molecule has 1 amide bonds. The van der Waals surface area contributed by atoms with Crippen molar-refractivity contribution in [3.8, 4) is 0 Å². The highest BCUT2D eigenvalue weighted by Crippen LogP contribution is 2.56. The molecule has 0 unspecified atom stereocenters. The Labute approximate surface area is 167 Å². The maximum absolute atomic E-state index is 13.2. The highest BCUT2D eigenvalue weighted by Gasteiger charge is 2.63. The standard InChI is InChI=1S/C22H18ClNO4/c1-2-27-20(25)15-10-12-17(13-11-15)24-19(18-9-6-14-28-18)22(23,21(24)26)16-7-4-3-5-8-16/h3-14,19H,2H2,1H3/t19-,22-/m0/s1. The number of β-lactam (4-membered cyclic amide) rings is 1. The summed E-state index contributed by atoms with van der Waals surface area (Å²) < 4.78 is 10.6. The summed E-state index contributed by atoms with van der Waals surface area (Å²) in [6.07, 6.45) is 1.56. The molecule has 1 fully saturated rings. The second-order valence-corrected chi connectivity index (χ2v) is 7.03. The monoisotopic (exact) mass is 395 g/mol. The molecule has 0 spiro atoms. The average Bonchev–Trinajstić information content (AvgIpc) is 3.25. The minimum atomic E-state index is -1.25. The highest BCUT2D eigenvalue weighted by atomic mass is 35.5. The van der Waals surface area contributed by atoms with Gasteiger partial charge in [0.1, 0.15) is 11.8 Å². The molecule has 1 aliphatic rings. The van der Waals surface area contributed by atoms with Gasteiger partial charge in [0, 0.05) is 5.69 Å². The van der Waals surface area contributed by atoms with Crippen LogP contribution in [0.2, 0.25) is 0 Å². The van der Waals surface area contributed by atoms with Crippen molar-refractivity contribution >= 4 is 29.2 Å². The molecular weight excluding hydrogens is 378 g/mol. The van der Waals surface area contributed by atoms with Crippen LogP contribution in [-0.4, -0.2) is 18.5 Å². The van der Waals surface area contributed by atoms with Crippen molar-refractivity contribution in [3.05, 3.63) is 89.9 Å². The van der Waals surface area contributed by atoms with Gasteiger partial charge >= 0.3 is 5.97 Å². The van der Waals surface area contributed by atoms with E-state index in [2.05, 4.69) is 0 Å². The lowest BCUT2D eigenvalue weighted by atomic mass is 9.78. The quantitative estimate of drug-likeness (QED) is 0.357. The van der Waals surface area contributed by atoms with E-state index in [0.717, 1.165) is 0 Å². The summed E-state index contributed by atoms with van der Waals surface area (Å²) in [5.41, 5.74) is 1.77. The third kappa shape index (κ3) is 2.79. The van der Waals surface area contributed by atoms with Gasteiger partial charge in [0.05, 0.1) is 18.4 Å². The lowest BCUT2D eigenvalue weighted by Gasteiger charge is -2.51. The van der Waals surface area contributed by atoms with Gasteiger partial charge in [0.2, 0.25) is 0 Å². The van der Waals surface area contributed by atoms with Crippen molar-refractivity contribution in [2.75, 3.05) is 11.5 Å². The fraction of sp³-hybridized carbons (Fsp3) is 0.182. The Balaban J connectivity index is 1.71. The number of furan rings is 1. The molecule has 0 radical (unpaired) electrons. The van der Waals surface area contributed by atoms with Gasteiger partial charge in [-0.2, -0.15) is 0 Å². The van der Waals surface area contributed by atoms with Gasteiger partial charge in [-0.05, 0) is 48.9 Å². The van der Waals surface area contributed by atoms with E-state index in [1.54, 1.807) is 54.5 Å². The van der Waals surface area contributed by atoms with E-state index in [0.29, 0.717) is 29.2 Å². The van der Waals surface area contributed by atoms with Gasteiger partial charge in [0.25, 0.3) is 5.91 Å². The lowest BCUT2D eigenvalue weighted by molar-refractivity contribution is -0.129. The number of benzene rings is 2. The number of esters is 1. The molecule has 0 bridgehead atoms. The van der Waals surface area contributed by atoms with E-state index in [1.807, 2.05) is 30.3 Å². The summed E-state index contributed by atoms with van der Waals surface area (Å²) >= 11 is 6.88. The summed E-state index contributed by atoms with van der Waals surface area (Å²) in [7, 11) is 0. The number of halogens is 1. The number of carbonyl (C=O) groups is 2. The number of anilines is 1. The molecule has 1 aromatic heterocycles. The molecule has 0 saturated carbocycles. The Hall–Kier alpha value is -3.05. The summed E-state index contributed by atoms with van der Waals surface area (Å²) in [5.74, 6) is -0.0545. The first kappa shape index (κ1) is 18.3. The normalized spacial score (nSPS) is 21.3. The summed E-state index contributed by atoms with van der Waals surface area (Å²) in [6, 6.07) is 19.0. The van der Waals surface area contributed by atoms with Crippen LogP contribution in [-0.2, 0) is 14.4 Å². The van der Waals surface area contributed by atoms with Gasteiger partial charge in [-0.1, -0.05) is 30.3 Å². The third-order valence-corrected chi connectivity index (χ3v) is 5.41. The Morgan fingerprint density at radius 1 is 1.11 bits per heavy atom. The van der Waals surface area contributed by atoms with E-state index in [1.165, 1.54) is 0 Å². The minimum absolute atomic E-state index is 0.245. The first-order valence-corrected chi connectivity index (χ1v) is 9.34. The van der Waals surface area contributed by atoms with E-state index in [4.69, 9.17) is 20.8 Å². The maximum Gasteiger partial charge on any atom is 0.338 e. The zero-order valence-electron chi connectivity index (χ0n) is 15.2. The van der Waals surface area contributed by atoms with Crippen LogP contribution in [0.4, 0.5) is 5.69 Å². The van der Waals surface area contributed by atoms with Gasteiger partial charge < -0.3 is 9.15 Å².